The van der Waals surface area contributed by atoms with Crippen molar-refractivity contribution < 1.29 is 9.69 Å². The quantitative estimate of drug-likeness (QED) is 0.638. The van der Waals surface area contributed by atoms with Crippen LogP contribution in [0, 0.1) is 0 Å². The number of nitrogens with two attached hydrogens (primary N) is 1. The second-order valence-corrected chi connectivity index (χ2v) is 8.29. The lowest BCUT2D eigenvalue weighted by atomic mass is 10.1. The molecule has 0 radical (unpaired) electrons. The standard InChI is InChI=1S/C18H17ClN4O3S/c1-21-6-5-12-13(8-21)27-17-15(12)16(25)23(11-4-2-3-10(19)7-11)18(26)22(17)9-14(20)24/h2-4,7H,5-6,8-9H2,1H3,(H2,20,24)/p+1. The third-order valence-electron chi connectivity index (χ3n) is 4.80. The van der Waals surface area contributed by atoms with E-state index in [0.29, 0.717) is 20.9 Å². The van der Waals surface area contributed by atoms with E-state index in [9.17, 15) is 14.4 Å². The molecule has 7 nitrogen and oxygen atoms in total. The fourth-order valence-electron chi connectivity index (χ4n) is 3.56. The topological polar surface area (TPSA) is 91.5 Å². The minimum Gasteiger partial charge on any atom is -0.368 e. The van der Waals surface area contributed by atoms with Crippen molar-refractivity contribution in [2.75, 3.05) is 13.6 Å². The van der Waals surface area contributed by atoms with Crippen LogP contribution in [0.1, 0.15) is 10.4 Å². The molecule has 1 aliphatic rings. The number of nitrogens with one attached hydrogen (secondary N) is 1. The molecule has 2 aromatic heterocycles. The number of amides is 1. The highest BCUT2D eigenvalue weighted by Crippen LogP contribution is 2.30. The van der Waals surface area contributed by atoms with E-state index in [0.717, 1.165) is 34.5 Å². The first-order chi connectivity index (χ1) is 12.9. The number of quaternary nitrogens is 1. The number of nitrogens with zero attached hydrogens (tertiary/aromatic N) is 2. The van der Waals surface area contributed by atoms with Crippen molar-refractivity contribution in [1.29, 1.82) is 0 Å². The maximum absolute atomic E-state index is 13.3. The number of carbonyl (C=O) groups excluding carboxylic acids is 1. The molecule has 0 fully saturated rings. The van der Waals surface area contributed by atoms with Crippen molar-refractivity contribution in [2.24, 2.45) is 5.73 Å². The summed E-state index contributed by atoms with van der Waals surface area (Å²) in [6, 6.07) is 6.54. The van der Waals surface area contributed by atoms with Gasteiger partial charge >= 0.3 is 5.69 Å². The molecule has 0 saturated heterocycles. The van der Waals surface area contributed by atoms with E-state index in [-0.39, 0.29) is 12.1 Å². The number of aromatic nitrogens is 2. The number of carbonyl (C=O) groups is 1. The Balaban J connectivity index is 2.12. The zero-order chi connectivity index (χ0) is 19.3. The molecule has 0 spiro atoms. The van der Waals surface area contributed by atoms with E-state index >= 15 is 0 Å². The van der Waals surface area contributed by atoms with Gasteiger partial charge in [0, 0.05) is 11.4 Å². The predicted molar refractivity (Wildman–Crippen MR) is 105 cm³/mol. The monoisotopic (exact) mass is 405 g/mol. The predicted octanol–water partition coefficient (Wildman–Crippen LogP) is -0.0766. The first-order valence-electron chi connectivity index (χ1n) is 8.52. The summed E-state index contributed by atoms with van der Waals surface area (Å²) in [6.45, 7) is 1.42. The smallest absolute Gasteiger partial charge is 0.337 e. The molecule has 0 aliphatic carbocycles. The Hall–Kier alpha value is -2.42. The second-order valence-electron chi connectivity index (χ2n) is 6.77. The lowest BCUT2D eigenvalue weighted by molar-refractivity contribution is -0.895. The van der Waals surface area contributed by atoms with Crippen LogP contribution in [0.2, 0.25) is 5.02 Å². The van der Waals surface area contributed by atoms with Gasteiger partial charge in [-0.25, -0.2) is 9.36 Å². The Bertz CT molecular complexity index is 1190. The number of hydrogen-bond donors (Lipinski definition) is 2. The van der Waals surface area contributed by atoms with Gasteiger partial charge in [-0.1, -0.05) is 17.7 Å². The molecule has 1 unspecified atom stereocenters. The maximum atomic E-state index is 13.3. The molecular weight excluding hydrogens is 388 g/mol. The normalized spacial score (nSPS) is 16.4. The fourth-order valence-corrected chi connectivity index (χ4v) is 5.19. The van der Waals surface area contributed by atoms with Crippen LogP contribution in [0.5, 0.6) is 0 Å². The maximum Gasteiger partial charge on any atom is 0.337 e. The van der Waals surface area contributed by atoms with E-state index in [1.54, 1.807) is 24.3 Å². The number of rotatable bonds is 3. The summed E-state index contributed by atoms with van der Waals surface area (Å²) in [6.07, 6.45) is 0.751. The molecule has 3 N–H and O–H groups in total. The third-order valence-corrected chi connectivity index (χ3v) is 6.29. The van der Waals surface area contributed by atoms with E-state index in [1.165, 1.54) is 20.8 Å². The zero-order valence-electron chi connectivity index (χ0n) is 14.6. The molecule has 1 atom stereocenters. The van der Waals surface area contributed by atoms with Crippen molar-refractivity contribution >= 4 is 39.1 Å². The van der Waals surface area contributed by atoms with Gasteiger partial charge in [0.15, 0.2) is 0 Å². The molecular formula is C18H18ClN4O3S+. The van der Waals surface area contributed by atoms with Crippen LogP contribution in [-0.2, 0) is 24.3 Å². The molecule has 3 aromatic rings. The summed E-state index contributed by atoms with van der Waals surface area (Å²) in [5, 5.41) is 0.918. The third kappa shape index (κ3) is 2.99. The van der Waals surface area contributed by atoms with Crippen LogP contribution in [0.25, 0.3) is 15.9 Å². The van der Waals surface area contributed by atoms with Crippen molar-refractivity contribution in [1.82, 2.24) is 9.13 Å². The Labute approximate surface area is 163 Å². The van der Waals surface area contributed by atoms with Crippen molar-refractivity contribution in [3.63, 3.8) is 0 Å². The molecule has 4 rings (SSSR count). The summed E-state index contributed by atoms with van der Waals surface area (Å²) in [5.74, 6) is -0.635. The van der Waals surface area contributed by atoms with Gasteiger partial charge in [-0.05, 0) is 23.8 Å². The molecule has 27 heavy (non-hydrogen) atoms. The first-order valence-corrected chi connectivity index (χ1v) is 9.72. The van der Waals surface area contributed by atoms with Gasteiger partial charge in [-0.15, -0.1) is 11.3 Å². The highest BCUT2D eigenvalue weighted by molar-refractivity contribution is 7.18. The van der Waals surface area contributed by atoms with E-state index < -0.39 is 11.6 Å². The molecule has 1 aromatic carbocycles. The molecule has 1 amide bonds. The first kappa shape index (κ1) is 18.0. The summed E-state index contributed by atoms with van der Waals surface area (Å²) >= 11 is 7.46. The highest BCUT2D eigenvalue weighted by atomic mass is 35.5. The fraction of sp³-hybridized carbons (Fsp3) is 0.278. The van der Waals surface area contributed by atoms with Crippen LogP contribution < -0.4 is 21.9 Å². The van der Waals surface area contributed by atoms with Gasteiger partial charge in [-0.2, -0.15) is 0 Å². The van der Waals surface area contributed by atoms with E-state index in [2.05, 4.69) is 7.05 Å². The van der Waals surface area contributed by atoms with Crippen LogP contribution in [0.4, 0.5) is 0 Å². The second kappa shape index (κ2) is 6.63. The largest absolute Gasteiger partial charge is 0.368 e. The number of likely N-dealkylation sites (N-methyl/N-ethyl adjacent to an activating group) is 1. The Morgan fingerprint density at radius 1 is 1.37 bits per heavy atom. The number of hydrogen-bond acceptors (Lipinski definition) is 4. The molecule has 0 saturated carbocycles. The average Bonchev–Trinajstić information content (AvgIpc) is 2.97. The van der Waals surface area contributed by atoms with Gasteiger partial charge < -0.3 is 10.6 Å². The molecule has 140 valence electrons. The summed E-state index contributed by atoms with van der Waals surface area (Å²) < 4.78 is 2.38. The number of benzene rings is 1. The van der Waals surface area contributed by atoms with Gasteiger partial charge in [-0.3, -0.25) is 14.2 Å². The number of primary amides is 1. The lowest BCUT2D eigenvalue weighted by Gasteiger charge is -2.19. The van der Waals surface area contributed by atoms with Gasteiger partial charge in [0.2, 0.25) is 5.91 Å². The molecule has 3 heterocycles. The number of halogens is 1. The molecule has 9 heteroatoms. The van der Waals surface area contributed by atoms with Gasteiger partial charge in [0.05, 0.1) is 29.5 Å². The highest BCUT2D eigenvalue weighted by Gasteiger charge is 2.27. The lowest BCUT2D eigenvalue weighted by Crippen LogP contribution is -3.08. The SMILES string of the molecule is C[NH+]1CCc2c(sc3c2c(=O)n(-c2cccc(Cl)c2)c(=O)n3CC(N)=O)C1. The Morgan fingerprint density at radius 2 is 2.15 bits per heavy atom. The number of fused-ring (bicyclic) bond motifs is 3. The van der Waals surface area contributed by atoms with Crippen molar-refractivity contribution in [3.05, 3.63) is 60.6 Å². The number of thiophene rings is 1. The Morgan fingerprint density at radius 3 is 2.85 bits per heavy atom. The Kier molecular flexibility index (Phi) is 4.41. The van der Waals surface area contributed by atoms with Crippen molar-refractivity contribution in [2.45, 2.75) is 19.5 Å². The van der Waals surface area contributed by atoms with Crippen LogP contribution in [0.15, 0.2) is 33.9 Å². The van der Waals surface area contributed by atoms with Crippen LogP contribution in [0.3, 0.4) is 0 Å². The summed E-state index contributed by atoms with van der Waals surface area (Å²) in [5.41, 5.74) is 5.75. The van der Waals surface area contributed by atoms with Gasteiger partial charge in [0.1, 0.15) is 17.9 Å². The molecule has 1 aliphatic heterocycles. The molecule has 0 bridgehead atoms. The van der Waals surface area contributed by atoms with Crippen molar-refractivity contribution in [3.8, 4) is 5.69 Å². The summed E-state index contributed by atoms with van der Waals surface area (Å²) in [7, 11) is 2.09. The van der Waals surface area contributed by atoms with Crippen LogP contribution >= 0.6 is 22.9 Å². The van der Waals surface area contributed by atoms with Crippen LogP contribution in [-0.4, -0.2) is 28.6 Å². The summed E-state index contributed by atoms with van der Waals surface area (Å²) in [4.78, 5) is 40.9. The van der Waals surface area contributed by atoms with E-state index in [4.69, 9.17) is 17.3 Å². The van der Waals surface area contributed by atoms with E-state index in [1.807, 2.05) is 0 Å². The zero-order valence-corrected chi connectivity index (χ0v) is 16.2. The minimum atomic E-state index is -0.635. The average molecular weight is 406 g/mol. The minimum absolute atomic E-state index is 0.279. The van der Waals surface area contributed by atoms with Gasteiger partial charge in [0.25, 0.3) is 5.56 Å².